The van der Waals surface area contributed by atoms with Gasteiger partial charge in [0, 0.05) is 26.2 Å². The summed E-state index contributed by atoms with van der Waals surface area (Å²) >= 11 is 8.73. The van der Waals surface area contributed by atoms with Crippen molar-refractivity contribution in [1.29, 1.82) is 0 Å². The number of rotatable bonds is 6. The van der Waals surface area contributed by atoms with Crippen molar-refractivity contribution in [3.8, 4) is 5.75 Å². The Morgan fingerprint density at radius 3 is 2.83 bits per heavy atom. The van der Waals surface area contributed by atoms with Gasteiger partial charge in [0.1, 0.15) is 5.75 Å². The highest BCUT2D eigenvalue weighted by Gasteiger charge is 2.09. The van der Waals surface area contributed by atoms with E-state index in [-0.39, 0.29) is 0 Å². The molecule has 0 saturated carbocycles. The first-order valence-electron chi connectivity index (χ1n) is 7.82. The molecule has 2 rings (SSSR count). The third-order valence-electron chi connectivity index (χ3n) is 3.71. The molecule has 0 bridgehead atoms. The highest BCUT2D eigenvalue weighted by atomic mass is 79.9. The Bertz CT molecular complexity index is 591. The summed E-state index contributed by atoms with van der Waals surface area (Å²) in [7, 11) is 1.64. The molecule has 2 N–H and O–H groups in total. The summed E-state index contributed by atoms with van der Waals surface area (Å²) in [6.07, 6.45) is 0. The van der Waals surface area contributed by atoms with E-state index in [9.17, 15) is 0 Å². The van der Waals surface area contributed by atoms with Gasteiger partial charge in [-0.2, -0.15) is 5.10 Å². The van der Waals surface area contributed by atoms with Crippen LogP contribution in [0, 0.1) is 0 Å². The monoisotopic (exact) mass is 414 g/mol. The molecule has 0 atom stereocenters. The number of nitrogens with zero attached hydrogens (tertiary/aromatic N) is 2. The van der Waals surface area contributed by atoms with E-state index in [4.69, 9.17) is 21.7 Å². The molecule has 1 aliphatic heterocycles. The minimum absolute atomic E-state index is 0.523. The third kappa shape index (κ3) is 6.01. The molecule has 8 heteroatoms. The number of hydrazone groups is 1. The Balaban J connectivity index is 1.76. The van der Waals surface area contributed by atoms with Gasteiger partial charge in [0.15, 0.2) is 5.11 Å². The second kappa shape index (κ2) is 9.93. The molecule has 6 nitrogen and oxygen atoms in total. The summed E-state index contributed by atoms with van der Waals surface area (Å²) in [4.78, 5) is 2.35. The molecular weight excluding hydrogens is 392 g/mol. The Hall–Kier alpha value is -1.22. The first-order valence-corrected chi connectivity index (χ1v) is 9.02. The van der Waals surface area contributed by atoms with Crippen molar-refractivity contribution >= 4 is 39.0 Å². The Morgan fingerprint density at radius 1 is 1.42 bits per heavy atom. The predicted octanol–water partition coefficient (Wildman–Crippen LogP) is 1.98. The Morgan fingerprint density at radius 2 is 2.17 bits per heavy atom. The van der Waals surface area contributed by atoms with E-state index in [0.717, 1.165) is 60.9 Å². The minimum atomic E-state index is 0.523. The smallest absolute Gasteiger partial charge is 0.187 e. The van der Waals surface area contributed by atoms with Gasteiger partial charge < -0.3 is 14.8 Å². The molecular formula is C16H23BrN4O2S. The predicted molar refractivity (Wildman–Crippen MR) is 104 cm³/mol. The van der Waals surface area contributed by atoms with Crippen molar-refractivity contribution in [3.05, 3.63) is 28.2 Å². The fraction of sp³-hybridized carbons (Fsp3) is 0.500. The third-order valence-corrected chi connectivity index (χ3v) is 4.57. The standard InChI is InChI=1S/C16H23BrN4O2S/c1-12(13-3-4-15(22-2)14(17)11-13)19-20-16(24)18-5-6-21-7-9-23-10-8-21/h3-4,11H,5-10H2,1-2H3,(H2,18,20,24)/b19-12-. The van der Waals surface area contributed by atoms with Crippen LogP contribution in [-0.2, 0) is 4.74 Å². The van der Waals surface area contributed by atoms with Gasteiger partial charge in [-0.25, -0.2) is 0 Å². The van der Waals surface area contributed by atoms with Gasteiger partial charge in [-0.05, 0) is 58.8 Å². The van der Waals surface area contributed by atoms with Crippen molar-refractivity contribution in [2.24, 2.45) is 5.10 Å². The van der Waals surface area contributed by atoms with E-state index in [1.165, 1.54) is 0 Å². The number of benzene rings is 1. The molecule has 1 saturated heterocycles. The van der Waals surface area contributed by atoms with Crippen LogP contribution in [0.4, 0.5) is 0 Å². The number of hydrogen-bond donors (Lipinski definition) is 2. The van der Waals surface area contributed by atoms with Crippen molar-refractivity contribution in [3.63, 3.8) is 0 Å². The number of nitrogens with one attached hydrogen (secondary N) is 2. The molecule has 1 aromatic carbocycles. The lowest BCUT2D eigenvalue weighted by atomic mass is 10.1. The fourth-order valence-electron chi connectivity index (χ4n) is 2.28. The Labute approximate surface area is 156 Å². The fourth-order valence-corrected chi connectivity index (χ4v) is 2.97. The van der Waals surface area contributed by atoms with E-state index in [1.807, 2.05) is 25.1 Å². The van der Waals surface area contributed by atoms with Crippen LogP contribution >= 0.6 is 28.1 Å². The zero-order chi connectivity index (χ0) is 17.4. The van der Waals surface area contributed by atoms with E-state index in [0.29, 0.717) is 5.11 Å². The molecule has 0 aromatic heterocycles. The first-order chi connectivity index (χ1) is 11.6. The number of thiocarbonyl (C=S) groups is 1. The van der Waals surface area contributed by atoms with Crippen LogP contribution in [-0.4, -0.2) is 62.2 Å². The lowest BCUT2D eigenvalue weighted by Crippen LogP contribution is -2.42. The molecule has 0 spiro atoms. The summed E-state index contributed by atoms with van der Waals surface area (Å²) < 4.78 is 11.4. The van der Waals surface area contributed by atoms with E-state index in [1.54, 1.807) is 7.11 Å². The average molecular weight is 415 g/mol. The van der Waals surface area contributed by atoms with Gasteiger partial charge in [0.05, 0.1) is 30.5 Å². The molecule has 132 valence electrons. The molecule has 1 fully saturated rings. The van der Waals surface area contributed by atoms with Crippen LogP contribution in [0.2, 0.25) is 0 Å². The molecule has 0 radical (unpaired) electrons. The van der Waals surface area contributed by atoms with Crippen molar-refractivity contribution in [1.82, 2.24) is 15.6 Å². The van der Waals surface area contributed by atoms with E-state index >= 15 is 0 Å². The number of morpholine rings is 1. The summed E-state index contributed by atoms with van der Waals surface area (Å²) in [5.74, 6) is 0.791. The summed E-state index contributed by atoms with van der Waals surface area (Å²) in [6, 6.07) is 5.82. The zero-order valence-corrected chi connectivity index (χ0v) is 16.4. The van der Waals surface area contributed by atoms with Crippen molar-refractivity contribution < 1.29 is 9.47 Å². The second-order valence-corrected chi connectivity index (χ2v) is 6.63. The number of ether oxygens (including phenoxy) is 2. The van der Waals surface area contributed by atoms with Crippen molar-refractivity contribution in [2.75, 3.05) is 46.5 Å². The van der Waals surface area contributed by atoms with Crippen molar-refractivity contribution in [2.45, 2.75) is 6.92 Å². The van der Waals surface area contributed by atoms with E-state index in [2.05, 4.69) is 36.7 Å². The zero-order valence-electron chi connectivity index (χ0n) is 14.0. The molecule has 1 aliphatic rings. The normalized spacial score (nSPS) is 15.9. The van der Waals surface area contributed by atoms with Crippen LogP contribution in [0.15, 0.2) is 27.8 Å². The van der Waals surface area contributed by atoms with Crippen LogP contribution in [0.5, 0.6) is 5.75 Å². The van der Waals surface area contributed by atoms with Gasteiger partial charge in [-0.15, -0.1) is 0 Å². The minimum Gasteiger partial charge on any atom is -0.496 e. The summed E-state index contributed by atoms with van der Waals surface area (Å²) in [5, 5.41) is 8.02. The van der Waals surface area contributed by atoms with Crippen LogP contribution < -0.4 is 15.5 Å². The number of hydrogen-bond acceptors (Lipinski definition) is 5. The van der Waals surface area contributed by atoms with Crippen LogP contribution in [0.25, 0.3) is 0 Å². The number of methoxy groups -OCH3 is 1. The van der Waals surface area contributed by atoms with Gasteiger partial charge in [0.25, 0.3) is 0 Å². The molecule has 0 aliphatic carbocycles. The highest BCUT2D eigenvalue weighted by molar-refractivity contribution is 9.10. The van der Waals surface area contributed by atoms with Gasteiger partial charge in [-0.3, -0.25) is 10.3 Å². The van der Waals surface area contributed by atoms with Crippen LogP contribution in [0.1, 0.15) is 12.5 Å². The molecule has 0 unspecified atom stereocenters. The molecule has 1 heterocycles. The second-order valence-electron chi connectivity index (χ2n) is 5.37. The van der Waals surface area contributed by atoms with Gasteiger partial charge in [-0.1, -0.05) is 0 Å². The topological polar surface area (TPSA) is 58.1 Å². The molecule has 0 amide bonds. The highest BCUT2D eigenvalue weighted by Crippen LogP contribution is 2.25. The van der Waals surface area contributed by atoms with Gasteiger partial charge in [0.2, 0.25) is 0 Å². The first kappa shape index (κ1) is 19.1. The summed E-state index contributed by atoms with van der Waals surface area (Å²) in [6.45, 7) is 7.23. The van der Waals surface area contributed by atoms with E-state index < -0.39 is 0 Å². The Kier molecular flexibility index (Phi) is 7.90. The maximum absolute atomic E-state index is 5.33. The quantitative estimate of drug-likeness (QED) is 0.421. The molecule has 24 heavy (non-hydrogen) atoms. The largest absolute Gasteiger partial charge is 0.496 e. The lowest BCUT2D eigenvalue weighted by molar-refractivity contribution is 0.0389. The number of halogens is 1. The maximum Gasteiger partial charge on any atom is 0.187 e. The van der Waals surface area contributed by atoms with Gasteiger partial charge >= 0.3 is 0 Å². The summed E-state index contributed by atoms with van der Waals surface area (Å²) in [5.41, 5.74) is 4.72. The molecule has 1 aromatic rings. The SMILES string of the molecule is COc1ccc(/C(C)=N\NC(=S)NCCN2CCOCC2)cc1Br. The average Bonchev–Trinajstić information content (AvgIpc) is 2.60. The maximum atomic E-state index is 5.33. The lowest BCUT2D eigenvalue weighted by Gasteiger charge is -2.26. The van der Waals surface area contributed by atoms with Crippen LogP contribution in [0.3, 0.4) is 0 Å².